The SMILES string of the molecule is COC(=O)[C@@H](C)NC(=O)C(N)c1ccc(C)cc1.Cl. The highest BCUT2D eigenvalue weighted by Gasteiger charge is 2.21. The second kappa shape index (κ2) is 7.76. The van der Waals surface area contributed by atoms with Crippen molar-refractivity contribution in [1.82, 2.24) is 5.32 Å². The van der Waals surface area contributed by atoms with Crippen LogP contribution in [-0.2, 0) is 14.3 Å². The molecular weight excluding hydrogens is 268 g/mol. The zero-order valence-electron chi connectivity index (χ0n) is 11.2. The van der Waals surface area contributed by atoms with Crippen molar-refractivity contribution in [3.05, 3.63) is 35.4 Å². The topological polar surface area (TPSA) is 81.4 Å². The second-order valence-electron chi connectivity index (χ2n) is 4.14. The molecule has 0 aliphatic carbocycles. The summed E-state index contributed by atoms with van der Waals surface area (Å²) in [5, 5.41) is 2.50. The van der Waals surface area contributed by atoms with E-state index in [1.54, 1.807) is 19.1 Å². The van der Waals surface area contributed by atoms with Crippen LogP contribution in [-0.4, -0.2) is 25.0 Å². The van der Waals surface area contributed by atoms with Crippen LogP contribution in [0.15, 0.2) is 24.3 Å². The summed E-state index contributed by atoms with van der Waals surface area (Å²) in [7, 11) is 1.27. The third kappa shape index (κ3) is 4.89. The first-order valence-electron chi connectivity index (χ1n) is 5.66. The lowest BCUT2D eigenvalue weighted by molar-refractivity contribution is -0.144. The molecule has 1 rings (SSSR count). The van der Waals surface area contributed by atoms with Gasteiger partial charge in [-0.1, -0.05) is 29.8 Å². The van der Waals surface area contributed by atoms with Gasteiger partial charge < -0.3 is 15.8 Å². The van der Waals surface area contributed by atoms with E-state index >= 15 is 0 Å². The van der Waals surface area contributed by atoms with Crippen LogP contribution in [0.5, 0.6) is 0 Å². The minimum atomic E-state index is -0.794. The van der Waals surface area contributed by atoms with Gasteiger partial charge >= 0.3 is 5.97 Å². The number of rotatable bonds is 4. The first-order valence-corrected chi connectivity index (χ1v) is 5.66. The van der Waals surface area contributed by atoms with E-state index in [0.29, 0.717) is 5.56 Å². The lowest BCUT2D eigenvalue weighted by Gasteiger charge is -2.16. The fraction of sp³-hybridized carbons (Fsp3) is 0.385. The van der Waals surface area contributed by atoms with Crippen molar-refractivity contribution in [2.45, 2.75) is 25.9 Å². The minimum absolute atomic E-state index is 0. The summed E-state index contributed by atoms with van der Waals surface area (Å²) in [5.41, 5.74) is 7.61. The first kappa shape index (κ1) is 17.4. The molecule has 6 heteroatoms. The standard InChI is InChI=1S/C13H18N2O3.ClH/c1-8-4-6-10(7-5-8)11(14)12(16)15-9(2)13(17)18-3;/h4-7,9,11H,14H2,1-3H3,(H,15,16);1H/t9-,11?;/m1./s1. The van der Waals surface area contributed by atoms with Crippen molar-refractivity contribution < 1.29 is 14.3 Å². The van der Waals surface area contributed by atoms with Crippen LogP contribution in [0.4, 0.5) is 0 Å². The van der Waals surface area contributed by atoms with Gasteiger partial charge in [0, 0.05) is 0 Å². The minimum Gasteiger partial charge on any atom is -0.467 e. The number of nitrogens with two attached hydrogens (primary N) is 1. The van der Waals surface area contributed by atoms with Crippen molar-refractivity contribution in [3.8, 4) is 0 Å². The number of halogens is 1. The molecule has 0 aliphatic heterocycles. The van der Waals surface area contributed by atoms with Crippen LogP contribution in [0, 0.1) is 6.92 Å². The van der Waals surface area contributed by atoms with Crippen LogP contribution < -0.4 is 11.1 Å². The van der Waals surface area contributed by atoms with E-state index in [9.17, 15) is 9.59 Å². The molecule has 19 heavy (non-hydrogen) atoms. The average Bonchev–Trinajstić information content (AvgIpc) is 2.37. The third-order valence-corrected chi connectivity index (χ3v) is 2.63. The number of ether oxygens (including phenoxy) is 1. The predicted octanol–water partition coefficient (Wildman–Crippen LogP) is 1.09. The molecule has 1 unspecified atom stereocenters. The highest BCUT2D eigenvalue weighted by Crippen LogP contribution is 2.11. The Balaban J connectivity index is 0.00000324. The molecule has 0 bridgehead atoms. The van der Waals surface area contributed by atoms with Gasteiger partial charge in [0.25, 0.3) is 0 Å². The molecule has 0 aromatic heterocycles. The maximum atomic E-state index is 11.8. The molecule has 106 valence electrons. The maximum Gasteiger partial charge on any atom is 0.328 e. The zero-order chi connectivity index (χ0) is 13.7. The summed E-state index contributed by atoms with van der Waals surface area (Å²) < 4.78 is 4.52. The summed E-state index contributed by atoms with van der Waals surface area (Å²) in [5.74, 6) is -0.906. The van der Waals surface area contributed by atoms with Crippen LogP contribution >= 0.6 is 12.4 Å². The van der Waals surface area contributed by atoms with Gasteiger partial charge in [0.1, 0.15) is 12.1 Å². The number of hydrogen-bond acceptors (Lipinski definition) is 4. The number of carbonyl (C=O) groups excluding carboxylic acids is 2. The Bertz CT molecular complexity index is 434. The largest absolute Gasteiger partial charge is 0.467 e. The lowest BCUT2D eigenvalue weighted by Crippen LogP contribution is -2.43. The summed E-state index contributed by atoms with van der Waals surface area (Å²) in [6.45, 7) is 3.50. The van der Waals surface area contributed by atoms with Crippen LogP contribution in [0.2, 0.25) is 0 Å². The van der Waals surface area contributed by atoms with E-state index in [2.05, 4.69) is 10.1 Å². The Morgan fingerprint density at radius 1 is 1.26 bits per heavy atom. The van der Waals surface area contributed by atoms with Gasteiger partial charge in [-0.3, -0.25) is 4.79 Å². The van der Waals surface area contributed by atoms with Gasteiger partial charge in [-0.25, -0.2) is 4.79 Å². The zero-order valence-corrected chi connectivity index (χ0v) is 12.0. The molecule has 1 aromatic rings. The van der Waals surface area contributed by atoms with Gasteiger partial charge in [-0.2, -0.15) is 0 Å². The number of methoxy groups -OCH3 is 1. The third-order valence-electron chi connectivity index (χ3n) is 2.63. The van der Waals surface area contributed by atoms with E-state index in [1.165, 1.54) is 7.11 Å². The molecule has 0 aliphatic rings. The molecule has 0 saturated heterocycles. The average molecular weight is 287 g/mol. The molecular formula is C13H19ClN2O3. The van der Waals surface area contributed by atoms with Gasteiger partial charge in [-0.15, -0.1) is 12.4 Å². The van der Waals surface area contributed by atoms with Crippen molar-refractivity contribution >= 4 is 24.3 Å². The van der Waals surface area contributed by atoms with Gasteiger partial charge in [-0.05, 0) is 19.4 Å². The monoisotopic (exact) mass is 286 g/mol. The number of benzene rings is 1. The molecule has 2 atom stereocenters. The highest BCUT2D eigenvalue weighted by molar-refractivity contribution is 5.87. The Hall–Kier alpha value is -1.59. The Morgan fingerprint density at radius 3 is 2.26 bits per heavy atom. The fourth-order valence-electron chi connectivity index (χ4n) is 1.46. The van der Waals surface area contributed by atoms with E-state index in [4.69, 9.17) is 5.73 Å². The number of nitrogens with one attached hydrogen (secondary N) is 1. The summed E-state index contributed by atoms with van der Waals surface area (Å²) in [4.78, 5) is 23.0. The highest BCUT2D eigenvalue weighted by atomic mass is 35.5. The normalized spacial score (nSPS) is 12.8. The van der Waals surface area contributed by atoms with Crippen LogP contribution in [0.25, 0.3) is 0 Å². The Morgan fingerprint density at radius 2 is 1.79 bits per heavy atom. The van der Waals surface area contributed by atoms with Crippen molar-refractivity contribution in [1.29, 1.82) is 0 Å². The van der Waals surface area contributed by atoms with Gasteiger partial charge in [0.05, 0.1) is 7.11 Å². The van der Waals surface area contributed by atoms with E-state index in [1.807, 2.05) is 19.1 Å². The Labute approximate surface area is 118 Å². The Kier molecular flexibility index (Phi) is 7.11. The van der Waals surface area contributed by atoms with Crippen molar-refractivity contribution in [3.63, 3.8) is 0 Å². The number of amides is 1. The lowest BCUT2D eigenvalue weighted by atomic mass is 10.1. The number of aryl methyl sites for hydroxylation is 1. The van der Waals surface area contributed by atoms with Crippen molar-refractivity contribution in [2.75, 3.05) is 7.11 Å². The molecule has 3 N–H and O–H groups in total. The molecule has 0 radical (unpaired) electrons. The fourth-order valence-corrected chi connectivity index (χ4v) is 1.46. The summed E-state index contributed by atoms with van der Waals surface area (Å²) >= 11 is 0. The second-order valence-corrected chi connectivity index (χ2v) is 4.14. The van der Waals surface area contributed by atoms with E-state index < -0.39 is 24.0 Å². The predicted molar refractivity (Wildman–Crippen MR) is 75.0 cm³/mol. The van der Waals surface area contributed by atoms with Gasteiger partial charge in [0.15, 0.2) is 0 Å². The summed E-state index contributed by atoms with van der Waals surface area (Å²) in [6, 6.07) is 5.85. The smallest absolute Gasteiger partial charge is 0.328 e. The maximum absolute atomic E-state index is 11.8. The molecule has 5 nitrogen and oxygen atoms in total. The van der Waals surface area contributed by atoms with Gasteiger partial charge in [0.2, 0.25) is 5.91 Å². The van der Waals surface area contributed by atoms with Crippen LogP contribution in [0.1, 0.15) is 24.1 Å². The number of carbonyl (C=O) groups is 2. The molecule has 0 saturated carbocycles. The van der Waals surface area contributed by atoms with E-state index in [0.717, 1.165) is 5.56 Å². The number of hydrogen-bond donors (Lipinski definition) is 2. The molecule has 1 aromatic carbocycles. The molecule has 0 fully saturated rings. The molecule has 0 heterocycles. The first-order chi connectivity index (χ1) is 8.45. The quantitative estimate of drug-likeness (QED) is 0.812. The van der Waals surface area contributed by atoms with Crippen LogP contribution in [0.3, 0.4) is 0 Å². The summed E-state index contributed by atoms with van der Waals surface area (Å²) in [6.07, 6.45) is 0. The van der Waals surface area contributed by atoms with Crippen molar-refractivity contribution in [2.24, 2.45) is 5.73 Å². The molecule has 1 amide bonds. The molecule has 0 spiro atoms. The van der Waals surface area contributed by atoms with E-state index in [-0.39, 0.29) is 12.4 Å². The number of esters is 1.